The van der Waals surface area contributed by atoms with Crippen molar-refractivity contribution in [2.24, 2.45) is 0 Å². The van der Waals surface area contributed by atoms with Crippen LogP contribution in [0, 0.1) is 6.92 Å². The highest BCUT2D eigenvalue weighted by Crippen LogP contribution is 2.29. The standard InChI is InChI=1S/C14H16BrN3O2/c1-9-2-3-12(11(15)4-9)18-7-10-5-16-6-13(19)17(10)8-14(18)20/h2-4,10,16H,5-8H2,1H3. The van der Waals surface area contributed by atoms with Crippen LogP contribution in [0.15, 0.2) is 22.7 Å². The Bertz CT molecular complexity index is 576. The van der Waals surface area contributed by atoms with Crippen LogP contribution in [0.4, 0.5) is 5.69 Å². The van der Waals surface area contributed by atoms with Gasteiger partial charge in [0.05, 0.1) is 18.3 Å². The molecule has 1 unspecified atom stereocenters. The molecular weight excluding hydrogens is 322 g/mol. The summed E-state index contributed by atoms with van der Waals surface area (Å²) < 4.78 is 0.911. The van der Waals surface area contributed by atoms with Gasteiger partial charge in [0.25, 0.3) is 0 Å². The molecule has 0 spiro atoms. The fourth-order valence-electron chi connectivity index (χ4n) is 2.75. The Hall–Kier alpha value is -1.40. The van der Waals surface area contributed by atoms with Crippen LogP contribution < -0.4 is 10.2 Å². The van der Waals surface area contributed by atoms with Crippen LogP contribution in [0.2, 0.25) is 0 Å². The number of piperazine rings is 2. The first-order chi connectivity index (χ1) is 9.56. The number of halogens is 1. The van der Waals surface area contributed by atoms with Crippen LogP contribution in [-0.4, -0.2) is 48.9 Å². The van der Waals surface area contributed by atoms with E-state index in [4.69, 9.17) is 0 Å². The molecule has 0 aliphatic carbocycles. The molecule has 1 aromatic rings. The first-order valence-electron chi connectivity index (χ1n) is 6.63. The summed E-state index contributed by atoms with van der Waals surface area (Å²) >= 11 is 3.52. The SMILES string of the molecule is Cc1ccc(N2CC3CNCC(=O)N3CC2=O)c(Br)c1. The van der Waals surface area contributed by atoms with E-state index in [9.17, 15) is 9.59 Å². The summed E-state index contributed by atoms with van der Waals surface area (Å²) in [6.45, 7) is 3.79. The summed E-state index contributed by atoms with van der Waals surface area (Å²) in [6.07, 6.45) is 0. The van der Waals surface area contributed by atoms with Crippen molar-refractivity contribution in [3.05, 3.63) is 28.2 Å². The molecule has 1 atom stereocenters. The molecule has 20 heavy (non-hydrogen) atoms. The minimum Gasteiger partial charge on any atom is -0.326 e. The number of benzene rings is 1. The van der Waals surface area contributed by atoms with Gasteiger partial charge in [-0.2, -0.15) is 0 Å². The van der Waals surface area contributed by atoms with Gasteiger partial charge in [-0.25, -0.2) is 0 Å². The maximum absolute atomic E-state index is 12.3. The van der Waals surface area contributed by atoms with Crippen LogP contribution in [-0.2, 0) is 9.59 Å². The normalized spacial score (nSPS) is 23.0. The quantitative estimate of drug-likeness (QED) is 0.828. The molecule has 2 fully saturated rings. The van der Waals surface area contributed by atoms with Crippen molar-refractivity contribution in [1.29, 1.82) is 0 Å². The molecule has 5 nitrogen and oxygen atoms in total. The first kappa shape index (κ1) is 13.6. The molecule has 2 aliphatic heterocycles. The van der Waals surface area contributed by atoms with E-state index < -0.39 is 0 Å². The number of hydrogen-bond donors (Lipinski definition) is 1. The molecule has 1 aromatic carbocycles. The maximum atomic E-state index is 12.3. The Morgan fingerprint density at radius 3 is 2.85 bits per heavy atom. The van der Waals surface area contributed by atoms with Crippen LogP contribution in [0.1, 0.15) is 5.56 Å². The second kappa shape index (κ2) is 5.18. The van der Waals surface area contributed by atoms with Crippen molar-refractivity contribution in [1.82, 2.24) is 10.2 Å². The second-order valence-electron chi connectivity index (χ2n) is 5.27. The monoisotopic (exact) mass is 337 g/mol. The van der Waals surface area contributed by atoms with E-state index in [0.717, 1.165) is 22.3 Å². The summed E-state index contributed by atoms with van der Waals surface area (Å²) in [4.78, 5) is 27.6. The molecule has 1 N–H and O–H groups in total. The van der Waals surface area contributed by atoms with E-state index in [1.54, 1.807) is 9.80 Å². The third-order valence-corrected chi connectivity index (χ3v) is 4.45. The topological polar surface area (TPSA) is 52.7 Å². The Balaban J connectivity index is 1.88. The van der Waals surface area contributed by atoms with E-state index in [1.165, 1.54) is 0 Å². The van der Waals surface area contributed by atoms with Gasteiger partial charge in [0.2, 0.25) is 11.8 Å². The molecule has 2 heterocycles. The smallest absolute Gasteiger partial charge is 0.246 e. The zero-order valence-corrected chi connectivity index (χ0v) is 12.8. The van der Waals surface area contributed by atoms with Crippen molar-refractivity contribution < 1.29 is 9.59 Å². The van der Waals surface area contributed by atoms with E-state index in [1.807, 2.05) is 25.1 Å². The highest BCUT2D eigenvalue weighted by atomic mass is 79.9. The first-order valence-corrected chi connectivity index (χ1v) is 7.42. The molecule has 0 radical (unpaired) electrons. The van der Waals surface area contributed by atoms with E-state index in [-0.39, 0.29) is 24.4 Å². The van der Waals surface area contributed by atoms with Gasteiger partial charge in [-0.05, 0) is 40.5 Å². The highest BCUT2D eigenvalue weighted by molar-refractivity contribution is 9.10. The van der Waals surface area contributed by atoms with Gasteiger partial charge in [-0.1, -0.05) is 6.07 Å². The van der Waals surface area contributed by atoms with Crippen LogP contribution in [0.3, 0.4) is 0 Å². The maximum Gasteiger partial charge on any atom is 0.246 e. The minimum absolute atomic E-state index is 0.0113. The number of rotatable bonds is 1. The number of anilines is 1. The average Bonchev–Trinajstić information content (AvgIpc) is 2.40. The zero-order chi connectivity index (χ0) is 14.3. The average molecular weight is 338 g/mol. The number of fused-ring (bicyclic) bond motifs is 1. The van der Waals surface area contributed by atoms with E-state index >= 15 is 0 Å². The molecule has 2 aliphatic rings. The summed E-state index contributed by atoms with van der Waals surface area (Å²) in [5, 5.41) is 3.10. The molecule has 2 amide bonds. The number of aryl methyl sites for hydroxylation is 1. The van der Waals surface area contributed by atoms with E-state index in [2.05, 4.69) is 21.2 Å². The van der Waals surface area contributed by atoms with Crippen molar-refractivity contribution in [3.63, 3.8) is 0 Å². The van der Waals surface area contributed by atoms with Gasteiger partial charge in [0, 0.05) is 17.6 Å². The fourth-order valence-corrected chi connectivity index (χ4v) is 3.46. The summed E-state index contributed by atoms with van der Waals surface area (Å²) in [5.74, 6) is -0.0155. The summed E-state index contributed by atoms with van der Waals surface area (Å²) in [5.41, 5.74) is 2.01. The molecule has 106 valence electrons. The van der Waals surface area contributed by atoms with Crippen molar-refractivity contribution in [2.45, 2.75) is 13.0 Å². The lowest BCUT2D eigenvalue weighted by Crippen LogP contribution is -2.65. The number of amides is 2. The number of nitrogens with zero attached hydrogens (tertiary/aromatic N) is 2. The van der Waals surface area contributed by atoms with Gasteiger partial charge >= 0.3 is 0 Å². The van der Waals surface area contributed by atoms with Crippen molar-refractivity contribution in [2.75, 3.05) is 31.1 Å². The molecule has 0 saturated carbocycles. The van der Waals surface area contributed by atoms with Gasteiger partial charge in [0.15, 0.2) is 0 Å². The van der Waals surface area contributed by atoms with Gasteiger partial charge < -0.3 is 15.1 Å². The lowest BCUT2D eigenvalue weighted by Gasteiger charge is -2.43. The van der Waals surface area contributed by atoms with Crippen LogP contribution in [0.5, 0.6) is 0 Å². The molecule has 2 saturated heterocycles. The molecule has 6 heteroatoms. The third kappa shape index (κ3) is 2.33. The lowest BCUT2D eigenvalue weighted by molar-refractivity contribution is -0.141. The second-order valence-corrected chi connectivity index (χ2v) is 6.12. The van der Waals surface area contributed by atoms with Gasteiger partial charge in [-0.15, -0.1) is 0 Å². The summed E-state index contributed by atoms with van der Waals surface area (Å²) in [7, 11) is 0. The van der Waals surface area contributed by atoms with Crippen molar-refractivity contribution >= 4 is 33.4 Å². The number of carbonyl (C=O) groups excluding carboxylic acids is 2. The highest BCUT2D eigenvalue weighted by Gasteiger charge is 2.37. The largest absolute Gasteiger partial charge is 0.326 e. The van der Waals surface area contributed by atoms with Gasteiger partial charge in [0.1, 0.15) is 6.54 Å². The lowest BCUT2D eigenvalue weighted by atomic mass is 10.1. The van der Waals surface area contributed by atoms with E-state index in [0.29, 0.717) is 13.1 Å². The summed E-state index contributed by atoms with van der Waals surface area (Å²) in [6, 6.07) is 6.00. The number of nitrogens with one attached hydrogen (secondary N) is 1. The Kier molecular flexibility index (Phi) is 3.52. The predicted molar refractivity (Wildman–Crippen MR) is 79.6 cm³/mol. The van der Waals surface area contributed by atoms with Crippen LogP contribution >= 0.6 is 15.9 Å². The number of hydrogen-bond acceptors (Lipinski definition) is 3. The number of carbonyl (C=O) groups is 2. The minimum atomic E-state index is -0.0268. The molecular formula is C14H16BrN3O2. The Morgan fingerprint density at radius 2 is 2.10 bits per heavy atom. The van der Waals surface area contributed by atoms with Gasteiger partial charge in [-0.3, -0.25) is 9.59 Å². The Labute approximate surface area is 126 Å². The zero-order valence-electron chi connectivity index (χ0n) is 11.2. The third-order valence-electron chi connectivity index (χ3n) is 3.81. The van der Waals surface area contributed by atoms with Crippen LogP contribution in [0.25, 0.3) is 0 Å². The van der Waals surface area contributed by atoms with Crippen molar-refractivity contribution in [3.8, 4) is 0 Å². The fraction of sp³-hybridized carbons (Fsp3) is 0.429. The Morgan fingerprint density at radius 1 is 1.30 bits per heavy atom. The predicted octanol–water partition coefficient (Wildman–Crippen LogP) is 0.905. The molecule has 0 aromatic heterocycles. The molecule has 0 bridgehead atoms. The molecule has 3 rings (SSSR count).